The first kappa shape index (κ1) is 73.3. The average Bonchev–Trinajstić information content (AvgIpc) is 1.52. The van der Waals surface area contributed by atoms with Crippen LogP contribution < -0.4 is 14.7 Å². The van der Waals surface area contributed by atoms with E-state index in [1.165, 1.54) is 54.0 Å². The zero-order chi connectivity index (χ0) is 87.9. The molecule has 18 aromatic carbocycles. The molecule has 0 amide bonds. The Morgan fingerprint density at radius 2 is 0.504 bits per heavy atom. The van der Waals surface area contributed by atoms with Gasteiger partial charge >= 0.3 is 0 Å². The molecule has 135 heavy (non-hydrogen) atoms. The third kappa shape index (κ3) is 10.3. The molecular formula is C119H68N14O2. The molecule has 0 unspecified atom stereocenters. The second-order valence-electron chi connectivity index (χ2n) is 34.9. The minimum absolute atomic E-state index is 0.638. The Balaban J connectivity index is 0.0000000967. The van der Waals surface area contributed by atoms with Crippen molar-refractivity contribution >= 4 is 232 Å². The third-order valence-corrected chi connectivity index (χ3v) is 27.8. The summed E-state index contributed by atoms with van der Waals surface area (Å²) in [5.74, 6) is 2.84. The number of para-hydroxylation sites is 11. The smallest absolute Gasteiger partial charge is 0.235 e. The van der Waals surface area contributed by atoms with Gasteiger partial charge in [-0.2, -0.15) is 0 Å². The zero-order valence-corrected chi connectivity index (χ0v) is 71.8. The van der Waals surface area contributed by atoms with Crippen molar-refractivity contribution < 1.29 is 8.83 Å². The van der Waals surface area contributed by atoms with Gasteiger partial charge in [-0.1, -0.05) is 273 Å². The number of hydrogen-bond acceptors (Lipinski definition) is 12. The lowest BCUT2D eigenvalue weighted by Crippen LogP contribution is -2.21. The number of hydrogen-bond donors (Lipinski definition) is 0. The first-order valence-corrected chi connectivity index (χ1v) is 45.4. The van der Waals surface area contributed by atoms with Crippen LogP contribution in [0.25, 0.3) is 231 Å². The number of fused-ring (bicyclic) bond motifs is 13. The van der Waals surface area contributed by atoms with Gasteiger partial charge in [0.25, 0.3) is 0 Å². The monoisotopic (exact) mass is 1720 g/mol. The van der Waals surface area contributed by atoms with Gasteiger partial charge in [-0.15, -0.1) is 0 Å². The van der Waals surface area contributed by atoms with Crippen molar-refractivity contribution in [1.29, 1.82) is 0 Å². The third-order valence-electron chi connectivity index (χ3n) is 27.8. The van der Waals surface area contributed by atoms with E-state index in [-0.39, 0.29) is 0 Å². The standard InChI is InChI=1S/C43H26N6.C38H20N4O.C38H22N4O/c1-2-13-27(14-3-1)41-30-15-4-5-18-31(30)45-43(46-41)49-33-20-7-6-19-32(33)48-36-23-12-22-35-40(36)39-28(29-17-11-24-37(49)42(29)48)16-10-21-34(39)47(35)38-25-8-9-26-44-38;1-2-9-21(10-3-1)34-26-11-4-5-15-27(26)39-38(40-34)41-28-16-6-13-23-22-12-8-18-30-32(22)33-31(43-30)20-19-25-24-14-7-17-29(41)36(24)42(35(23)28)37(25)33;1-2-11-23(12-3-1)36-26-13-4-5-16-27(26)39-38(40-36)42-29-18-7-6-17-28(29)41-30-19-10-22-33-35(30)34-24(14-9-21-32(34)43-33)25-15-8-20-31(42)37(25)41/h1-26H;1-20H;1-22H. The molecule has 0 aliphatic carbocycles. The number of aromatic nitrogens is 11. The van der Waals surface area contributed by atoms with Gasteiger partial charge in [-0.05, 0) is 150 Å². The zero-order valence-electron chi connectivity index (χ0n) is 71.8. The Labute approximate surface area is 767 Å². The molecule has 626 valence electrons. The Hall–Kier alpha value is -18.7. The van der Waals surface area contributed by atoms with Crippen LogP contribution in [0.2, 0.25) is 0 Å². The molecule has 0 N–H and O–H groups in total. The molecule has 29 aromatic rings. The van der Waals surface area contributed by atoms with Crippen molar-refractivity contribution in [2.75, 3.05) is 14.7 Å². The van der Waals surface area contributed by atoms with Gasteiger partial charge < -0.3 is 22.4 Å². The van der Waals surface area contributed by atoms with Crippen molar-refractivity contribution in [3.63, 3.8) is 0 Å². The fourth-order valence-electron chi connectivity index (χ4n) is 22.5. The van der Waals surface area contributed by atoms with Gasteiger partial charge in [0.2, 0.25) is 17.8 Å². The molecule has 0 radical (unpaired) electrons. The van der Waals surface area contributed by atoms with Crippen LogP contribution in [0.1, 0.15) is 0 Å². The van der Waals surface area contributed by atoms with E-state index >= 15 is 0 Å². The van der Waals surface area contributed by atoms with Gasteiger partial charge in [-0.25, -0.2) is 34.9 Å². The number of anilines is 9. The number of nitrogens with zero attached hydrogens (tertiary/aromatic N) is 14. The molecule has 11 aromatic heterocycles. The highest BCUT2D eigenvalue weighted by Gasteiger charge is 2.37. The van der Waals surface area contributed by atoms with Crippen LogP contribution in [-0.4, -0.2) is 53.0 Å². The van der Waals surface area contributed by atoms with E-state index in [4.69, 9.17) is 43.7 Å². The van der Waals surface area contributed by atoms with Gasteiger partial charge in [0.1, 0.15) is 28.1 Å². The summed E-state index contributed by atoms with van der Waals surface area (Å²) in [6.45, 7) is 0. The van der Waals surface area contributed by atoms with Crippen LogP contribution in [0.5, 0.6) is 0 Å². The largest absolute Gasteiger partial charge is 0.456 e. The molecule has 0 spiro atoms. The highest BCUT2D eigenvalue weighted by molar-refractivity contribution is 6.35. The number of benzene rings is 18. The lowest BCUT2D eigenvalue weighted by Gasteiger charge is -2.33. The van der Waals surface area contributed by atoms with Crippen molar-refractivity contribution in [1.82, 2.24) is 53.0 Å². The van der Waals surface area contributed by atoms with Crippen LogP contribution in [0, 0.1) is 0 Å². The van der Waals surface area contributed by atoms with Crippen molar-refractivity contribution in [3.05, 3.63) is 413 Å². The summed E-state index contributed by atoms with van der Waals surface area (Å²) in [6, 6.07) is 142. The van der Waals surface area contributed by atoms with Crippen molar-refractivity contribution in [2.45, 2.75) is 0 Å². The summed E-state index contributed by atoms with van der Waals surface area (Å²) in [6.07, 6.45) is 1.86. The highest BCUT2D eigenvalue weighted by Crippen LogP contribution is 2.57. The highest BCUT2D eigenvalue weighted by atomic mass is 16.3. The van der Waals surface area contributed by atoms with E-state index in [0.717, 1.165) is 211 Å². The quantitative estimate of drug-likeness (QED) is 0.150. The number of rotatable bonds is 7. The normalized spacial score (nSPS) is 12.7. The van der Waals surface area contributed by atoms with Crippen LogP contribution in [0.4, 0.5) is 52.0 Å². The van der Waals surface area contributed by atoms with Gasteiger partial charge in [-0.3, -0.25) is 19.3 Å². The molecular weight excluding hydrogens is 1660 g/mol. The lowest BCUT2D eigenvalue weighted by molar-refractivity contribution is 0.669. The Bertz CT molecular complexity index is 10100. The second-order valence-corrected chi connectivity index (χ2v) is 34.9. The molecule has 0 fully saturated rings. The summed E-state index contributed by atoms with van der Waals surface area (Å²) in [7, 11) is 0. The number of pyridine rings is 1. The molecule has 0 bridgehead atoms. The van der Waals surface area contributed by atoms with E-state index in [0.29, 0.717) is 17.8 Å². The molecule has 0 saturated carbocycles. The van der Waals surface area contributed by atoms with Crippen LogP contribution >= 0.6 is 0 Å². The first-order chi connectivity index (χ1) is 67.0. The molecule has 16 nitrogen and oxygen atoms in total. The predicted octanol–water partition coefficient (Wildman–Crippen LogP) is 30.9. The predicted molar refractivity (Wildman–Crippen MR) is 550 cm³/mol. The van der Waals surface area contributed by atoms with Crippen molar-refractivity contribution in [3.8, 4) is 51.0 Å². The maximum atomic E-state index is 6.43. The Morgan fingerprint density at radius 3 is 0.985 bits per heavy atom. The van der Waals surface area contributed by atoms with Gasteiger partial charge in [0, 0.05) is 87.5 Å². The maximum Gasteiger partial charge on any atom is 0.235 e. The van der Waals surface area contributed by atoms with E-state index in [2.05, 4.69) is 391 Å². The first-order valence-electron chi connectivity index (χ1n) is 45.4. The molecule has 16 heteroatoms. The van der Waals surface area contributed by atoms with Crippen LogP contribution in [-0.2, 0) is 0 Å². The second kappa shape index (κ2) is 27.9. The van der Waals surface area contributed by atoms with Crippen molar-refractivity contribution in [2.24, 2.45) is 0 Å². The summed E-state index contributed by atoms with van der Waals surface area (Å²) in [5, 5.41) is 19.6. The Morgan fingerprint density at radius 1 is 0.185 bits per heavy atom. The summed E-state index contributed by atoms with van der Waals surface area (Å²) in [5.41, 5.74) is 30.8. The van der Waals surface area contributed by atoms with Gasteiger partial charge in [0.15, 0.2) is 0 Å². The summed E-state index contributed by atoms with van der Waals surface area (Å²) >= 11 is 0. The molecule has 3 aliphatic heterocycles. The Kier molecular flexibility index (Phi) is 15.2. The van der Waals surface area contributed by atoms with E-state index in [1.807, 2.05) is 54.7 Å². The SMILES string of the molecule is c1ccc(-c2nc(N3c4cccc5c6cccc7oc8ccc9c%10cccc3c%10n(c45)c9c8c76)nc3ccccc23)cc1.c1ccc(-c2nc(N3c4ccccc4-n4c5cccc6c5c5c(cccc5n6-c5ccccn5)c5cccc3c54)nc3ccccc23)cc1.c1ccc(-c2nc(N3c4ccccc4-n4c5cccc6oc7cccc(c8cccc3c84)c7c65)nc3ccccc23)cc1. The number of furan rings is 2. The van der Waals surface area contributed by atoms with Crippen LogP contribution in [0.3, 0.4) is 0 Å². The lowest BCUT2D eigenvalue weighted by atomic mass is 10.0. The maximum absolute atomic E-state index is 6.43. The topological polar surface area (TPSA) is 145 Å². The van der Waals surface area contributed by atoms with Gasteiger partial charge in [0.05, 0.1) is 140 Å². The van der Waals surface area contributed by atoms with Crippen LogP contribution in [0.15, 0.2) is 421 Å². The molecule has 3 aliphatic rings. The minimum atomic E-state index is 0.638. The van der Waals surface area contributed by atoms with E-state index < -0.39 is 0 Å². The fourth-order valence-corrected chi connectivity index (χ4v) is 22.5. The summed E-state index contributed by atoms with van der Waals surface area (Å²) < 4.78 is 22.4. The molecule has 0 saturated heterocycles. The molecule has 14 heterocycles. The van der Waals surface area contributed by atoms with E-state index in [9.17, 15) is 0 Å². The fraction of sp³-hybridized carbons (Fsp3) is 0. The average molecular weight is 1730 g/mol. The molecule has 32 rings (SSSR count). The molecule has 0 atom stereocenters. The minimum Gasteiger partial charge on any atom is -0.456 e. The summed E-state index contributed by atoms with van der Waals surface area (Å²) in [4.78, 5) is 43.2. The van der Waals surface area contributed by atoms with E-state index in [1.54, 1.807) is 0 Å².